The smallest absolute Gasteiger partial charge is 0.156 e. The first-order chi connectivity index (χ1) is 14.9. The van der Waals surface area contributed by atoms with Crippen molar-refractivity contribution in [3.05, 3.63) is 47.3 Å². The lowest BCUT2D eigenvalue weighted by Gasteiger charge is -2.50. The van der Waals surface area contributed by atoms with Crippen molar-refractivity contribution < 1.29 is 4.39 Å². The van der Waals surface area contributed by atoms with Crippen LogP contribution in [-0.2, 0) is 0 Å². The third-order valence-corrected chi connectivity index (χ3v) is 7.41. The van der Waals surface area contributed by atoms with Gasteiger partial charge in [-0.15, -0.1) is 0 Å². The molecule has 0 atom stereocenters. The quantitative estimate of drug-likeness (QED) is 0.490. The Balaban J connectivity index is 1.33. The summed E-state index contributed by atoms with van der Waals surface area (Å²) in [5, 5.41) is 4.65. The van der Waals surface area contributed by atoms with Crippen LogP contribution in [0.25, 0.3) is 27.9 Å². The van der Waals surface area contributed by atoms with Gasteiger partial charge in [0.2, 0.25) is 0 Å². The zero-order valence-electron chi connectivity index (χ0n) is 18.0. The molecular weight excluding hydrogens is 391 g/mol. The van der Waals surface area contributed by atoms with Crippen LogP contribution >= 0.6 is 0 Å². The molecule has 6 rings (SSSR count). The molecule has 0 aliphatic heterocycles. The van der Waals surface area contributed by atoms with E-state index in [1.165, 1.54) is 18.9 Å². The van der Waals surface area contributed by atoms with Gasteiger partial charge in [-0.3, -0.25) is 0 Å². The SMILES string of the molecule is Cc1cn2nc(-c3cc(F)c4nc(C5CCC6(CC5)CC(N)C6)[nH]c4c3)cc(C)c2n1. The number of rotatable bonds is 2. The largest absolute Gasteiger partial charge is 0.342 e. The Morgan fingerprint density at radius 3 is 2.65 bits per heavy atom. The topological polar surface area (TPSA) is 84.9 Å². The van der Waals surface area contributed by atoms with E-state index in [4.69, 9.17) is 5.73 Å². The van der Waals surface area contributed by atoms with E-state index >= 15 is 4.39 Å². The first-order valence-corrected chi connectivity index (χ1v) is 11.2. The molecule has 0 radical (unpaired) electrons. The maximum Gasteiger partial charge on any atom is 0.156 e. The van der Waals surface area contributed by atoms with E-state index in [0.717, 1.165) is 65.2 Å². The molecule has 2 saturated carbocycles. The van der Waals surface area contributed by atoms with Gasteiger partial charge in [0.15, 0.2) is 11.5 Å². The Kier molecular flexibility index (Phi) is 4.03. The van der Waals surface area contributed by atoms with Crippen molar-refractivity contribution in [2.45, 2.75) is 64.3 Å². The van der Waals surface area contributed by atoms with E-state index in [0.29, 0.717) is 22.9 Å². The van der Waals surface area contributed by atoms with Crippen LogP contribution in [-0.4, -0.2) is 30.6 Å². The van der Waals surface area contributed by atoms with Crippen LogP contribution in [0.2, 0.25) is 0 Å². The van der Waals surface area contributed by atoms with Crippen LogP contribution in [0, 0.1) is 25.1 Å². The van der Waals surface area contributed by atoms with Crippen molar-refractivity contribution in [2.75, 3.05) is 0 Å². The predicted molar refractivity (Wildman–Crippen MR) is 118 cm³/mol. The minimum atomic E-state index is -0.311. The maximum atomic E-state index is 15.0. The Bertz CT molecular complexity index is 1300. The molecule has 160 valence electrons. The molecule has 0 bridgehead atoms. The summed E-state index contributed by atoms with van der Waals surface area (Å²) >= 11 is 0. The molecule has 2 fully saturated rings. The lowest BCUT2D eigenvalue weighted by Crippen LogP contribution is -2.47. The fourth-order valence-electron chi connectivity index (χ4n) is 5.79. The van der Waals surface area contributed by atoms with Gasteiger partial charge in [0.25, 0.3) is 0 Å². The van der Waals surface area contributed by atoms with Gasteiger partial charge in [0.05, 0.1) is 23.1 Å². The molecule has 0 unspecified atom stereocenters. The number of nitrogens with two attached hydrogens (primary N) is 1. The Labute approximate surface area is 180 Å². The summed E-state index contributed by atoms with van der Waals surface area (Å²) in [5.41, 5.74) is 11.9. The molecular formula is C24H27FN6. The number of aromatic nitrogens is 5. The molecule has 3 heterocycles. The van der Waals surface area contributed by atoms with Crippen LogP contribution in [0.3, 0.4) is 0 Å². The summed E-state index contributed by atoms with van der Waals surface area (Å²) in [5.74, 6) is 0.964. The number of nitrogens with one attached hydrogen (secondary N) is 1. The highest BCUT2D eigenvalue weighted by atomic mass is 19.1. The minimum Gasteiger partial charge on any atom is -0.342 e. The van der Waals surface area contributed by atoms with Crippen molar-refractivity contribution >= 4 is 16.7 Å². The van der Waals surface area contributed by atoms with Crippen LogP contribution in [0.15, 0.2) is 24.4 Å². The molecule has 3 N–H and O–H groups in total. The zero-order valence-corrected chi connectivity index (χ0v) is 18.0. The second-order valence-corrected chi connectivity index (χ2v) is 9.78. The van der Waals surface area contributed by atoms with Crippen molar-refractivity contribution in [1.82, 2.24) is 24.6 Å². The van der Waals surface area contributed by atoms with E-state index < -0.39 is 0 Å². The fourth-order valence-corrected chi connectivity index (χ4v) is 5.79. The molecule has 6 nitrogen and oxygen atoms in total. The van der Waals surface area contributed by atoms with Gasteiger partial charge in [-0.05, 0) is 81.5 Å². The molecule has 7 heteroatoms. The molecule has 1 spiro atoms. The number of hydrogen-bond donors (Lipinski definition) is 2. The molecule has 31 heavy (non-hydrogen) atoms. The van der Waals surface area contributed by atoms with Crippen LogP contribution in [0.5, 0.6) is 0 Å². The third kappa shape index (κ3) is 3.05. The standard InChI is InChI=1S/C24H27FN6/c1-13-7-19(30-31-12-14(2)27-23(13)31)16-8-18(25)21-20(9-16)28-22(29-21)15-3-5-24(6-4-15)10-17(26)11-24/h7-9,12,15,17H,3-6,10-11,26H2,1-2H3,(H,28,29). The van der Waals surface area contributed by atoms with E-state index in [-0.39, 0.29) is 5.82 Å². The highest BCUT2D eigenvalue weighted by molar-refractivity contribution is 5.82. The van der Waals surface area contributed by atoms with Crippen molar-refractivity contribution in [2.24, 2.45) is 11.1 Å². The first kappa shape index (κ1) is 18.9. The van der Waals surface area contributed by atoms with Gasteiger partial charge in [0, 0.05) is 17.5 Å². The Morgan fingerprint density at radius 1 is 1.13 bits per heavy atom. The summed E-state index contributed by atoms with van der Waals surface area (Å²) in [4.78, 5) is 12.6. The highest BCUT2D eigenvalue weighted by Gasteiger charge is 2.45. The van der Waals surface area contributed by atoms with E-state index in [2.05, 4.69) is 20.1 Å². The number of aromatic amines is 1. The Hall–Kier alpha value is -2.80. The first-order valence-electron chi connectivity index (χ1n) is 11.2. The molecule has 1 aromatic carbocycles. The summed E-state index contributed by atoms with van der Waals surface area (Å²) in [6.45, 7) is 3.94. The van der Waals surface area contributed by atoms with E-state index in [1.807, 2.05) is 32.2 Å². The number of imidazole rings is 2. The summed E-state index contributed by atoms with van der Waals surface area (Å²) < 4.78 is 16.8. The van der Waals surface area contributed by atoms with Crippen molar-refractivity contribution in [3.8, 4) is 11.3 Å². The van der Waals surface area contributed by atoms with Crippen LogP contribution in [0.4, 0.5) is 4.39 Å². The van der Waals surface area contributed by atoms with Gasteiger partial charge in [-0.1, -0.05) is 0 Å². The number of benzene rings is 1. The fraction of sp³-hybridized carbons (Fsp3) is 0.458. The second kappa shape index (κ2) is 6.60. The van der Waals surface area contributed by atoms with Gasteiger partial charge in [-0.25, -0.2) is 18.9 Å². The number of nitrogens with zero attached hydrogens (tertiary/aromatic N) is 4. The van der Waals surface area contributed by atoms with Crippen LogP contribution in [0.1, 0.15) is 61.5 Å². The van der Waals surface area contributed by atoms with E-state index in [1.54, 1.807) is 4.52 Å². The number of H-pyrrole nitrogens is 1. The van der Waals surface area contributed by atoms with Gasteiger partial charge in [-0.2, -0.15) is 5.10 Å². The third-order valence-electron chi connectivity index (χ3n) is 7.41. The molecule has 4 aromatic rings. The van der Waals surface area contributed by atoms with Gasteiger partial charge >= 0.3 is 0 Å². The average molecular weight is 419 g/mol. The lowest BCUT2D eigenvalue weighted by molar-refractivity contribution is 0.0475. The minimum absolute atomic E-state index is 0.311. The number of aryl methyl sites for hydroxylation is 2. The average Bonchev–Trinajstić information content (AvgIpc) is 3.31. The van der Waals surface area contributed by atoms with E-state index in [9.17, 15) is 0 Å². The number of halogens is 1. The maximum absolute atomic E-state index is 15.0. The monoisotopic (exact) mass is 418 g/mol. The summed E-state index contributed by atoms with van der Waals surface area (Å²) in [6, 6.07) is 5.85. The zero-order chi connectivity index (χ0) is 21.3. The summed E-state index contributed by atoms with van der Waals surface area (Å²) in [7, 11) is 0. The number of hydrogen-bond acceptors (Lipinski definition) is 4. The molecule has 2 aliphatic carbocycles. The predicted octanol–water partition coefficient (Wildman–Crippen LogP) is 4.79. The second-order valence-electron chi connectivity index (χ2n) is 9.78. The summed E-state index contributed by atoms with van der Waals surface area (Å²) in [6.07, 6.45) is 8.79. The molecule has 2 aliphatic rings. The van der Waals surface area contributed by atoms with Crippen molar-refractivity contribution in [3.63, 3.8) is 0 Å². The highest BCUT2D eigenvalue weighted by Crippen LogP contribution is 2.53. The number of fused-ring (bicyclic) bond motifs is 2. The molecule has 3 aromatic heterocycles. The Morgan fingerprint density at radius 2 is 1.90 bits per heavy atom. The molecule has 0 saturated heterocycles. The van der Waals surface area contributed by atoms with Gasteiger partial charge < -0.3 is 10.7 Å². The van der Waals surface area contributed by atoms with Gasteiger partial charge in [0.1, 0.15) is 11.3 Å². The lowest BCUT2D eigenvalue weighted by atomic mass is 9.57. The normalized spacial score (nSPS) is 26.1. The van der Waals surface area contributed by atoms with Crippen molar-refractivity contribution in [1.29, 1.82) is 0 Å². The molecule has 0 amide bonds. The van der Waals surface area contributed by atoms with Crippen LogP contribution < -0.4 is 5.73 Å².